The molecule has 4 aromatic carbocycles. The molecule has 48 heavy (non-hydrogen) atoms. The topological polar surface area (TPSA) is 121 Å². The van der Waals surface area contributed by atoms with Crippen molar-refractivity contribution >= 4 is 28.9 Å². The number of amides is 2. The second-order valence-corrected chi connectivity index (χ2v) is 12.0. The molecule has 2 aliphatic rings. The summed E-state index contributed by atoms with van der Waals surface area (Å²) in [6.07, 6.45) is 6.61. The van der Waals surface area contributed by atoms with Crippen LogP contribution in [0.1, 0.15) is 40.5 Å². The van der Waals surface area contributed by atoms with E-state index < -0.39 is 17.4 Å². The lowest BCUT2D eigenvalue weighted by molar-refractivity contribution is -0.139. The molecule has 2 N–H and O–H groups in total. The largest absolute Gasteiger partial charge is 0.454 e. The summed E-state index contributed by atoms with van der Waals surface area (Å²) in [7, 11) is 0. The quantitative estimate of drug-likeness (QED) is 0.182. The summed E-state index contributed by atoms with van der Waals surface area (Å²) in [6.45, 7) is 2.66. The number of fused-ring (bicyclic) bond motifs is 3. The normalized spacial score (nSPS) is 17.6. The number of aromatic nitrogens is 3. The van der Waals surface area contributed by atoms with Gasteiger partial charge in [-0.15, -0.1) is 5.10 Å². The van der Waals surface area contributed by atoms with Crippen molar-refractivity contribution in [1.82, 2.24) is 15.0 Å². The highest BCUT2D eigenvalue weighted by Gasteiger charge is 2.53. The number of rotatable bonds is 10. The van der Waals surface area contributed by atoms with Gasteiger partial charge < -0.3 is 19.8 Å². The molecule has 2 amide bonds. The minimum Gasteiger partial charge on any atom is -0.454 e. The van der Waals surface area contributed by atoms with Gasteiger partial charge >= 0.3 is 0 Å². The molecule has 2 aliphatic heterocycles. The number of benzene rings is 4. The molecule has 0 fully saturated rings. The number of hydrogen-bond donors (Lipinski definition) is 2. The Morgan fingerprint density at radius 1 is 0.917 bits per heavy atom. The van der Waals surface area contributed by atoms with E-state index in [4.69, 9.17) is 9.84 Å². The van der Waals surface area contributed by atoms with Crippen molar-refractivity contribution in [3.63, 3.8) is 0 Å². The number of aliphatic hydroxyl groups is 2. The highest BCUT2D eigenvalue weighted by atomic mass is 16.5. The Morgan fingerprint density at radius 2 is 1.67 bits per heavy atom. The predicted octanol–water partition coefficient (Wildman–Crippen LogP) is 5.91. The van der Waals surface area contributed by atoms with E-state index in [0.717, 1.165) is 5.56 Å². The summed E-state index contributed by atoms with van der Waals surface area (Å²) in [6, 6.07) is 29.4. The van der Waals surface area contributed by atoms with Crippen LogP contribution in [0.2, 0.25) is 0 Å². The number of aliphatic hydroxyl groups excluding tert-OH is 1. The Bertz CT molecular complexity index is 2010. The first kappa shape index (κ1) is 31.0. The van der Waals surface area contributed by atoms with Crippen molar-refractivity contribution < 1.29 is 24.5 Å². The van der Waals surface area contributed by atoms with Crippen molar-refractivity contribution in [1.29, 1.82) is 0 Å². The molecule has 7 rings (SSSR count). The highest BCUT2D eigenvalue weighted by molar-refractivity contribution is 6.15. The van der Waals surface area contributed by atoms with E-state index in [9.17, 15) is 14.7 Å². The first-order valence-corrected chi connectivity index (χ1v) is 16.0. The Morgan fingerprint density at radius 3 is 2.48 bits per heavy atom. The summed E-state index contributed by atoms with van der Waals surface area (Å²) in [5.74, 6) is -0.365. The first-order valence-electron chi connectivity index (χ1n) is 16.0. The molecule has 0 aliphatic carbocycles. The smallest absolute Gasteiger partial charge is 0.266 e. The monoisotopic (exact) mass is 641 g/mol. The van der Waals surface area contributed by atoms with Crippen molar-refractivity contribution in [2.75, 3.05) is 16.4 Å². The van der Waals surface area contributed by atoms with Gasteiger partial charge in [0.15, 0.2) is 11.4 Å². The average molecular weight is 642 g/mol. The fourth-order valence-electron chi connectivity index (χ4n) is 6.39. The third-order valence-electron chi connectivity index (χ3n) is 8.90. The van der Waals surface area contributed by atoms with Crippen LogP contribution in [0.4, 0.5) is 17.1 Å². The summed E-state index contributed by atoms with van der Waals surface area (Å²) in [4.78, 5) is 31.7. The van der Waals surface area contributed by atoms with Gasteiger partial charge in [0, 0.05) is 42.9 Å². The maximum Gasteiger partial charge on any atom is 0.266 e. The van der Waals surface area contributed by atoms with Gasteiger partial charge in [-0.1, -0.05) is 78.9 Å². The number of hydrogen-bond acceptors (Lipinski definition) is 7. The number of nitrogens with zero attached hydrogens (tertiary/aromatic N) is 5. The number of carbonyl (C=O) groups is 2. The highest BCUT2D eigenvalue weighted by Crippen LogP contribution is 2.49. The van der Waals surface area contributed by atoms with Gasteiger partial charge in [0.05, 0.1) is 29.2 Å². The Labute approximate surface area is 278 Å². The molecule has 0 unspecified atom stereocenters. The van der Waals surface area contributed by atoms with Crippen LogP contribution < -0.4 is 14.5 Å². The van der Waals surface area contributed by atoms with E-state index in [1.54, 1.807) is 44.9 Å². The Hall–Kier alpha value is -5.58. The van der Waals surface area contributed by atoms with Crippen LogP contribution in [-0.2, 0) is 29.9 Å². The van der Waals surface area contributed by atoms with E-state index in [2.05, 4.69) is 10.3 Å². The van der Waals surface area contributed by atoms with Gasteiger partial charge in [-0.05, 0) is 54.4 Å². The zero-order valence-electron chi connectivity index (χ0n) is 26.4. The predicted molar refractivity (Wildman–Crippen MR) is 181 cm³/mol. The van der Waals surface area contributed by atoms with Crippen LogP contribution in [0.25, 0.3) is 0 Å². The zero-order chi connectivity index (χ0) is 33.3. The molecular weight excluding hydrogens is 606 g/mol. The molecule has 10 nitrogen and oxygen atoms in total. The molecule has 0 radical (unpaired) electrons. The van der Waals surface area contributed by atoms with Crippen LogP contribution in [-0.4, -0.2) is 43.6 Å². The summed E-state index contributed by atoms with van der Waals surface area (Å²) >= 11 is 0. The number of anilines is 3. The number of carbonyl (C=O) groups excluding carboxylic acids is 2. The molecule has 0 spiro atoms. The average Bonchev–Trinajstić information content (AvgIpc) is 3.60. The molecule has 5 aromatic rings. The fraction of sp³-hybridized carbons (Fsp3) is 0.211. The first-order chi connectivity index (χ1) is 23.4. The lowest BCUT2D eigenvalue weighted by Crippen LogP contribution is -2.44. The summed E-state index contributed by atoms with van der Waals surface area (Å²) < 4.78 is 7.90. The number of para-hydroxylation sites is 3. The Balaban J connectivity index is 1.26. The molecule has 0 saturated carbocycles. The van der Waals surface area contributed by atoms with Gasteiger partial charge in [-0.25, -0.2) is 0 Å². The van der Waals surface area contributed by atoms with Crippen molar-refractivity contribution in [3.8, 4) is 11.5 Å². The molecule has 2 atom stereocenters. The molecular formula is C38H35N5O5. The minimum atomic E-state index is -1.90. The molecule has 10 heteroatoms. The van der Waals surface area contributed by atoms with E-state index in [0.29, 0.717) is 64.8 Å². The van der Waals surface area contributed by atoms with Gasteiger partial charge in [-0.2, -0.15) is 0 Å². The summed E-state index contributed by atoms with van der Waals surface area (Å²) in [5, 5.41) is 29.8. The minimum absolute atomic E-state index is 0.00665. The zero-order valence-corrected chi connectivity index (χ0v) is 26.4. The van der Waals surface area contributed by atoms with Gasteiger partial charge in [-0.3, -0.25) is 19.2 Å². The second kappa shape index (κ2) is 12.9. The molecule has 3 heterocycles. The molecule has 1 aromatic heterocycles. The van der Waals surface area contributed by atoms with E-state index >= 15 is 0 Å². The van der Waals surface area contributed by atoms with Crippen molar-refractivity contribution in [2.45, 2.75) is 38.5 Å². The van der Waals surface area contributed by atoms with Crippen LogP contribution in [0.3, 0.4) is 0 Å². The van der Waals surface area contributed by atoms with Gasteiger partial charge in [0.1, 0.15) is 5.75 Å². The number of allylic oxidation sites excluding steroid dienone is 1. The van der Waals surface area contributed by atoms with Crippen LogP contribution >= 0.6 is 0 Å². The van der Waals surface area contributed by atoms with Crippen molar-refractivity contribution in [2.24, 2.45) is 5.92 Å². The van der Waals surface area contributed by atoms with Crippen molar-refractivity contribution in [3.05, 3.63) is 138 Å². The summed E-state index contributed by atoms with van der Waals surface area (Å²) in [5.41, 5.74) is 2.20. The maximum atomic E-state index is 14.3. The second-order valence-electron chi connectivity index (χ2n) is 12.0. The molecule has 0 bridgehead atoms. The van der Waals surface area contributed by atoms with Gasteiger partial charge in [0.25, 0.3) is 11.8 Å². The van der Waals surface area contributed by atoms with Crippen LogP contribution in [0.5, 0.6) is 11.5 Å². The SMILES string of the molecule is C[C@H](/C=C/CCn1cc(CCO)nn1)[C@@]1(O)C(=O)N(Cc2ccccc2)c2ccc(N3C(=O)c4ccccc4Oc4ccccc43)cc21. The van der Waals surface area contributed by atoms with Gasteiger partial charge in [0.2, 0.25) is 0 Å². The molecule has 0 saturated heterocycles. The molecule has 242 valence electrons. The standard InChI is InChI=1S/C38H35N5O5/c1-26(11-9-10-21-41-25-28(20-22-44)39-40-41)38(47)31-23-29(18-19-32(31)42(37(38)46)24-27-12-3-2-4-13-27)43-33-15-6-8-17-35(33)48-34-16-7-5-14-30(34)36(43)45/h2-9,11-19,23,25-26,44,47H,10,20-22,24H2,1H3/b11-9+/t26-,38+/m1/s1. The Kier molecular flexibility index (Phi) is 8.34. The fourth-order valence-corrected chi connectivity index (χ4v) is 6.39. The maximum absolute atomic E-state index is 14.3. The van der Waals surface area contributed by atoms with Crippen LogP contribution in [0, 0.1) is 5.92 Å². The van der Waals surface area contributed by atoms with Crippen LogP contribution in [0.15, 0.2) is 115 Å². The lowest BCUT2D eigenvalue weighted by Gasteiger charge is -2.28. The number of ether oxygens (including phenoxy) is 1. The lowest BCUT2D eigenvalue weighted by atomic mass is 9.82. The van der Waals surface area contributed by atoms with E-state index in [1.807, 2.05) is 91.9 Å². The van der Waals surface area contributed by atoms with E-state index in [1.165, 1.54) is 0 Å². The number of aryl methyl sites for hydroxylation is 1. The third kappa shape index (κ3) is 5.55. The van der Waals surface area contributed by atoms with E-state index in [-0.39, 0.29) is 19.1 Å². The third-order valence-corrected chi connectivity index (χ3v) is 8.90.